The number of benzene rings is 1. The molecule has 0 spiro atoms. The molecule has 1 aromatic heterocycles. The van der Waals surface area contributed by atoms with Crippen LogP contribution in [0.5, 0.6) is 0 Å². The number of anilines is 1. The van der Waals surface area contributed by atoms with E-state index in [0.717, 1.165) is 12.8 Å². The first kappa shape index (κ1) is 10.7. The van der Waals surface area contributed by atoms with Crippen LogP contribution in [0, 0.1) is 5.82 Å². The van der Waals surface area contributed by atoms with E-state index in [9.17, 15) is 9.18 Å². The van der Waals surface area contributed by atoms with E-state index in [2.05, 4.69) is 4.98 Å². The molecule has 1 aliphatic carbocycles. The summed E-state index contributed by atoms with van der Waals surface area (Å²) in [7, 11) is 0. The molecule has 1 aliphatic heterocycles. The van der Waals surface area contributed by atoms with Crippen LogP contribution in [-0.4, -0.2) is 21.8 Å². The molecule has 0 saturated heterocycles. The summed E-state index contributed by atoms with van der Waals surface area (Å²) in [6.45, 7) is 0.452. The lowest BCUT2D eigenvalue weighted by molar-refractivity contribution is 0.0767. The summed E-state index contributed by atoms with van der Waals surface area (Å²) in [4.78, 5) is 18.4. The number of carbonyl (C=O) groups is 1. The number of aromatic nitrogens is 1. The molecule has 1 aromatic carbocycles. The molecule has 2 N–H and O–H groups in total. The van der Waals surface area contributed by atoms with Crippen molar-refractivity contribution >= 4 is 22.5 Å². The summed E-state index contributed by atoms with van der Waals surface area (Å²) < 4.78 is 13.8. The van der Waals surface area contributed by atoms with Gasteiger partial charge in [-0.25, -0.2) is 9.37 Å². The minimum absolute atomic E-state index is 0.0614. The number of hydrogen-bond donors (Lipinski definition) is 1. The van der Waals surface area contributed by atoms with Crippen molar-refractivity contribution in [2.45, 2.75) is 25.4 Å². The predicted molar refractivity (Wildman–Crippen MR) is 69.0 cm³/mol. The quantitative estimate of drug-likeness (QED) is 0.850. The molecule has 5 heteroatoms. The van der Waals surface area contributed by atoms with Crippen molar-refractivity contribution in [3.05, 3.63) is 35.3 Å². The fraction of sp³-hybridized carbons (Fsp3) is 0.286. The fourth-order valence-electron chi connectivity index (χ4n) is 2.74. The molecule has 0 radical (unpaired) electrons. The minimum atomic E-state index is -0.399. The van der Waals surface area contributed by atoms with Gasteiger partial charge in [-0.3, -0.25) is 4.79 Å². The first-order valence-corrected chi connectivity index (χ1v) is 6.34. The first-order chi connectivity index (χ1) is 9.16. The second-order valence-corrected chi connectivity index (χ2v) is 5.15. The van der Waals surface area contributed by atoms with E-state index >= 15 is 0 Å². The average Bonchev–Trinajstić information content (AvgIpc) is 3.17. The van der Waals surface area contributed by atoms with Crippen molar-refractivity contribution in [1.82, 2.24) is 9.88 Å². The molecule has 1 amide bonds. The van der Waals surface area contributed by atoms with Crippen LogP contribution < -0.4 is 5.73 Å². The molecular formula is C14H12FN3O. The first-order valence-electron chi connectivity index (χ1n) is 6.34. The Bertz CT molecular complexity index is 724. The summed E-state index contributed by atoms with van der Waals surface area (Å²) in [6, 6.07) is 4.96. The van der Waals surface area contributed by atoms with Crippen LogP contribution in [-0.2, 0) is 6.54 Å². The van der Waals surface area contributed by atoms with Gasteiger partial charge in [-0.2, -0.15) is 0 Å². The van der Waals surface area contributed by atoms with Gasteiger partial charge in [-0.05, 0) is 18.9 Å². The molecule has 0 bridgehead atoms. The van der Waals surface area contributed by atoms with Gasteiger partial charge in [0.15, 0.2) is 0 Å². The number of nitrogen functional groups attached to an aromatic ring is 1. The highest BCUT2D eigenvalue weighted by Crippen LogP contribution is 2.38. The third kappa shape index (κ3) is 1.38. The topological polar surface area (TPSA) is 59.2 Å². The van der Waals surface area contributed by atoms with Crippen molar-refractivity contribution in [2.24, 2.45) is 0 Å². The van der Waals surface area contributed by atoms with Gasteiger partial charge < -0.3 is 10.6 Å². The number of nitrogens with two attached hydrogens (primary N) is 1. The Balaban J connectivity index is 1.98. The maximum Gasteiger partial charge on any atom is 0.258 e. The Morgan fingerprint density at radius 2 is 2.16 bits per heavy atom. The van der Waals surface area contributed by atoms with E-state index in [0.29, 0.717) is 34.9 Å². The smallest absolute Gasteiger partial charge is 0.258 e. The van der Waals surface area contributed by atoms with Crippen molar-refractivity contribution < 1.29 is 9.18 Å². The van der Waals surface area contributed by atoms with E-state index < -0.39 is 5.82 Å². The van der Waals surface area contributed by atoms with Crippen molar-refractivity contribution in [3.8, 4) is 0 Å². The van der Waals surface area contributed by atoms with Gasteiger partial charge in [0.1, 0.15) is 11.3 Å². The number of halogens is 1. The van der Waals surface area contributed by atoms with Crippen molar-refractivity contribution in [3.63, 3.8) is 0 Å². The van der Waals surface area contributed by atoms with E-state index in [-0.39, 0.29) is 11.4 Å². The van der Waals surface area contributed by atoms with E-state index in [1.54, 1.807) is 17.0 Å². The number of pyridine rings is 1. The zero-order valence-corrected chi connectivity index (χ0v) is 10.2. The number of amides is 1. The molecule has 2 heterocycles. The number of carbonyl (C=O) groups excluding carboxylic acids is 1. The monoisotopic (exact) mass is 257 g/mol. The van der Waals surface area contributed by atoms with Crippen LogP contribution in [0.3, 0.4) is 0 Å². The van der Waals surface area contributed by atoms with Gasteiger partial charge in [0, 0.05) is 11.4 Å². The van der Waals surface area contributed by atoms with Crippen LogP contribution in [0.2, 0.25) is 0 Å². The molecule has 0 atom stereocenters. The molecule has 1 saturated carbocycles. The highest BCUT2D eigenvalue weighted by atomic mass is 19.1. The van der Waals surface area contributed by atoms with Crippen LogP contribution in [0.4, 0.5) is 10.1 Å². The lowest BCUT2D eigenvalue weighted by atomic mass is 10.1. The second-order valence-electron chi connectivity index (χ2n) is 5.15. The van der Waals surface area contributed by atoms with Gasteiger partial charge in [0.25, 0.3) is 5.91 Å². The second kappa shape index (κ2) is 3.44. The number of rotatable bonds is 1. The molecule has 1 fully saturated rings. The fourth-order valence-corrected chi connectivity index (χ4v) is 2.74. The number of hydrogen-bond acceptors (Lipinski definition) is 3. The number of nitrogens with zero attached hydrogens (tertiary/aromatic N) is 2. The summed E-state index contributed by atoms with van der Waals surface area (Å²) >= 11 is 0. The zero-order chi connectivity index (χ0) is 13.1. The Labute approximate surface area is 109 Å². The Morgan fingerprint density at radius 3 is 2.89 bits per heavy atom. The molecule has 2 aliphatic rings. The van der Waals surface area contributed by atoms with E-state index in [4.69, 9.17) is 5.73 Å². The lowest BCUT2D eigenvalue weighted by Crippen LogP contribution is -2.26. The molecule has 2 aromatic rings. The van der Waals surface area contributed by atoms with Crippen molar-refractivity contribution in [2.75, 3.05) is 5.73 Å². The molecule has 0 unspecified atom stereocenters. The van der Waals surface area contributed by atoms with Crippen LogP contribution in [0.1, 0.15) is 28.9 Å². The Hall–Kier alpha value is -2.17. The average molecular weight is 257 g/mol. The van der Waals surface area contributed by atoms with E-state index in [1.165, 1.54) is 6.07 Å². The third-order valence-corrected chi connectivity index (χ3v) is 3.86. The Kier molecular flexibility index (Phi) is 1.94. The Morgan fingerprint density at radius 1 is 1.37 bits per heavy atom. The van der Waals surface area contributed by atoms with E-state index in [1.807, 2.05) is 0 Å². The number of fused-ring (bicyclic) bond motifs is 2. The molecule has 19 heavy (non-hydrogen) atoms. The standard InChI is InChI=1S/C14H12FN3O/c15-9-3-1-2-8-12(16)11-10(17-13(8)9)6-18(14(11)19)7-4-5-7/h1-3,7H,4-6H2,(H2,16,17). The third-order valence-electron chi connectivity index (χ3n) is 3.86. The van der Waals surface area contributed by atoms with Crippen LogP contribution in [0.15, 0.2) is 18.2 Å². The minimum Gasteiger partial charge on any atom is -0.397 e. The summed E-state index contributed by atoms with van der Waals surface area (Å²) in [5.41, 5.74) is 7.73. The van der Waals surface area contributed by atoms with Gasteiger partial charge >= 0.3 is 0 Å². The highest BCUT2D eigenvalue weighted by Gasteiger charge is 2.40. The zero-order valence-electron chi connectivity index (χ0n) is 10.2. The maximum atomic E-state index is 13.8. The number of para-hydroxylation sites is 1. The van der Waals surface area contributed by atoms with Gasteiger partial charge in [0.05, 0.1) is 23.5 Å². The van der Waals surface area contributed by atoms with Gasteiger partial charge in [-0.15, -0.1) is 0 Å². The van der Waals surface area contributed by atoms with Crippen LogP contribution >= 0.6 is 0 Å². The highest BCUT2D eigenvalue weighted by molar-refractivity contribution is 6.09. The summed E-state index contributed by atoms with van der Waals surface area (Å²) in [6.07, 6.45) is 2.07. The normalized spacial score (nSPS) is 18.2. The van der Waals surface area contributed by atoms with Crippen LogP contribution in [0.25, 0.3) is 10.9 Å². The molecule has 4 rings (SSSR count). The maximum absolute atomic E-state index is 13.8. The largest absolute Gasteiger partial charge is 0.397 e. The predicted octanol–water partition coefficient (Wildman–Crippen LogP) is 2.07. The summed E-state index contributed by atoms with van der Waals surface area (Å²) in [5.74, 6) is -0.460. The van der Waals surface area contributed by atoms with Crippen molar-refractivity contribution in [1.29, 1.82) is 0 Å². The molecule has 96 valence electrons. The van der Waals surface area contributed by atoms with Gasteiger partial charge in [-0.1, -0.05) is 12.1 Å². The lowest BCUT2D eigenvalue weighted by Gasteiger charge is -2.13. The molecule has 4 nitrogen and oxygen atoms in total. The molecular weight excluding hydrogens is 245 g/mol. The SMILES string of the molecule is Nc1c2c(nc3c(F)cccc13)CN(C1CC1)C2=O. The van der Waals surface area contributed by atoms with Gasteiger partial charge in [0.2, 0.25) is 0 Å². The summed E-state index contributed by atoms with van der Waals surface area (Å²) in [5, 5.41) is 0.518.